The first-order valence-corrected chi connectivity index (χ1v) is 11.4. The molecule has 3 heteroatoms. The van der Waals surface area contributed by atoms with Crippen molar-refractivity contribution in [2.45, 2.75) is 71.0 Å². The van der Waals surface area contributed by atoms with Crippen LogP contribution in [0, 0.1) is 0 Å². The largest absolute Gasteiger partial charge is 0.417 e. The van der Waals surface area contributed by atoms with E-state index in [9.17, 15) is 0 Å². The lowest BCUT2D eigenvalue weighted by Gasteiger charge is -2.22. The highest BCUT2D eigenvalue weighted by Crippen LogP contribution is 2.16. The van der Waals surface area contributed by atoms with Gasteiger partial charge in [0.25, 0.3) is 0 Å². The molecular formula is C14H29IOSi. The van der Waals surface area contributed by atoms with Crippen molar-refractivity contribution in [2.75, 3.05) is 6.61 Å². The molecule has 0 bridgehead atoms. The fourth-order valence-corrected chi connectivity index (χ4v) is 4.21. The van der Waals surface area contributed by atoms with E-state index in [2.05, 4.69) is 52.8 Å². The summed E-state index contributed by atoms with van der Waals surface area (Å²) in [5.41, 5.74) is 0. The van der Waals surface area contributed by atoms with Crippen molar-refractivity contribution in [1.29, 1.82) is 0 Å². The van der Waals surface area contributed by atoms with Crippen LogP contribution in [0.25, 0.3) is 0 Å². The molecule has 0 aromatic rings. The maximum absolute atomic E-state index is 6.08. The summed E-state index contributed by atoms with van der Waals surface area (Å²) >= 11 is 2.29. The Morgan fingerprint density at radius 3 is 2.41 bits per heavy atom. The Morgan fingerprint density at radius 1 is 1.06 bits per heavy atom. The first kappa shape index (κ1) is 17.6. The molecule has 0 rings (SSSR count). The molecule has 1 nitrogen and oxygen atoms in total. The van der Waals surface area contributed by atoms with E-state index in [4.69, 9.17) is 4.43 Å². The average molecular weight is 368 g/mol. The van der Waals surface area contributed by atoms with E-state index in [1.807, 2.05) is 0 Å². The lowest BCUT2D eigenvalue weighted by Crippen LogP contribution is -2.30. The zero-order valence-electron chi connectivity index (χ0n) is 11.8. The Bertz CT molecular complexity index is 193. The minimum atomic E-state index is -1.32. The van der Waals surface area contributed by atoms with E-state index in [0.29, 0.717) is 0 Å². The Morgan fingerprint density at radius 2 is 1.76 bits per heavy atom. The zero-order chi connectivity index (χ0) is 13.0. The predicted octanol–water partition coefficient (Wildman–Crippen LogP) is 5.91. The van der Waals surface area contributed by atoms with Gasteiger partial charge in [-0.1, -0.05) is 61.3 Å². The van der Waals surface area contributed by atoms with Crippen LogP contribution in [-0.2, 0) is 4.43 Å². The topological polar surface area (TPSA) is 9.23 Å². The minimum Gasteiger partial charge on any atom is -0.417 e. The lowest BCUT2D eigenvalue weighted by molar-refractivity contribution is 0.293. The third-order valence-corrected chi connectivity index (χ3v) is 6.03. The Hall–Kier alpha value is 0.647. The van der Waals surface area contributed by atoms with Crippen molar-refractivity contribution in [2.24, 2.45) is 0 Å². The number of hydrogen-bond donors (Lipinski definition) is 0. The van der Waals surface area contributed by atoms with Crippen LogP contribution < -0.4 is 0 Å². The van der Waals surface area contributed by atoms with Crippen LogP contribution in [0.5, 0.6) is 0 Å². The van der Waals surface area contributed by atoms with E-state index in [-0.39, 0.29) is 0 Å². The van der Waals surface area contributed by atoms with E-state index in [1.54, 1.807) is 0 Å². The molecule has 0 unspecified atom stereocenters. The number of rotatable bonds is 11. The molecular weight excluding hydrogens is 339 g/mol. The van der Waals surface area contributed by atoms with E-state index in [1.165, 1.54) is 51.0 Å². The Balaban J connectivity index is 3.31. The smallest absolute Gasteiger partial charge is 0.186 e. The maximum atomic E-state index is 6.08. The highest BCUT2D eigenvalue weighted by molar-refractivity contribution is 14.1. The molecule has 0 heterocycles. The molecule has 0 aliphatic heterocycles. The van der Waals surface area contributed by atoms with Gasteiger partial charge in [0.05, 0.1) is 0 Å². The third kappa shape index (κ3) is 12.9. The summed E-state index contributed by atoms with van der Waals surface area (Å²) in [7, 11) is -1.32. The molecule has 17 heavy (non-hydrogen) atoms. The van der Waals surface area contributed by atoms with E-state index >= 15 is 0 Å². The van der Waals surface area contributed by atoms with Crippen LogP contribution in [0.4, 0.5) is 0 Å². The van der Waals surface area contributed by atoms with Gasteiger partial charge in [-0.3, -0.25) is 0 Å². The van der Waals surface area contributed by atoms with Crippen molar-refractivity contribution in [3.05, 3.63) is 10.2 Å². The van der Waals surface area contributed by atoms with Gasteiger partial charge in [-0.25, -0.2) is 0 Å². The molecule has 0 aromatic heterocycles. The number of unbranched alkanes of at least 4 members (excludes halogenated alkanes) is 5. The van der Waals surface area contributed by atoms with Crippen molar-refractivity contribution in [3.63, 3.8) is 0 Å². The second kappa shape index (κ2) is 11.7. The summed E-state index contributed by atoms with van der Waals surface area (Å²) in [5.74, 6) is 0. The highest BCUT2D eigenvalue weighted by atomic mass is 127. The van der Waals surface area contributed by atoms with Gasteiger partial charge in [0.1, 0.15) is 0 Å². The predicted molar refractivity (Wildman–Crippen MR) is 89.4 cm³/mol. The van der Waals surface area contributed by atoms with Crippen LogP contribution in [0.2, 0.25) is 19.1 Å². The first-order valence-electron chi connectivity index (χ1n) is 7.01. The molecule has 0 aromatic carbocycles. The standard InChI is InChI=1S/C14H29IOSi/c1-4-5-14-17(2,3)16-13-11-9-7-6-8-10-12-15/h10,12H,4-9,11,13-14H2,1-3H3. The van der Waals surface area contributed by atoms with Gasteiger partial charge >= 0.3 is 0 Å². The third-order valence-electron chi connectivity index (χ3n) is 2.98. The number of halogens is 1. The van der Waals surface area contributed by atoms with Crippen molar-refractivity contribution < 1.29 is 4.43 Å². The number of hydrogen-bond acceptors (Lipinski definition) is 1. The second-order valence-corrected chi connectivity index (χ2v) is 10.3. The number of allylic oxidation sites excluding steroid dienone is 1. The minimum absolute atomic E-state index is 0.991. The van der Waals surface area contributed by atoms with Crippen LogP contribution in [-0.4, -0.2) is 14.9 Å². The SMILES string of the molecule is CCCC[Si](C)(C)OCCCCCCC=CI. The zero-order valence-corrected chi connectivity index (χ0v) is 15.0. The van der Waals surface area contributed by atoms with E-state index in [0.717, 1.165) is 6.61 Å². The molecule has 0 aliphatic rings. The molecule has 0 amide bonds. The summed E-state index contributed by atoms with van der Waals surface area (Å²) in [6.45, 7) is 7.96. The maximum Gasteiger partial charge on any atom is 0.186 e. The van der Waals surface area contributed by atoms with E-state index < -0.39 is 8.32 Å². The van der Waals surface area contributed by atoms with Gasteiger partial charge in [0, 0.05) is 6.61 Å². The van der Waals surface area contributed by atoms with Gasteiger partial charge in [-0.15, -0.1) is 0 Å². The summed E-state index contributed by atoms with van der Waals surface area (Å²) in [4.78, 5) is 0. The van der Waals surface area contributed by atoms with Gasteiger partial charge in [0.15, 0.2) is 8.32 Å². The fourth-order valence-electron chi connectivity index (χ4n) is 1.80. The second-order valence-electron chi connectivity index (χ2n) is 5.28. The molecule has 0 saturated heterocycles. The van der Waals surface area contributed by atoms with Crippen LogP contribution in [0.15, 0.2) is 10.2 Å². The van der Waals surface area contributed by atoms with Gasteiger partial charge in [0.2, 0.25) is 0 Å². The van der Waals surface area contributed by atoms with Gasteiger partial charge in [-0.2, -0.15) is 0 Å². The van der Waals surface area contributed by atoms with Crippen molar-refractivity contribution in [1.82, 2.24) is 0 Å². The quantitative estimate of drug-likeness (QED) is 0.250. The molecule has 0 aliphatic carbocycles. The van der Waals surface area contributed by atoms with Crippen LogP contribution >= 0.6 is 22.6 Å². The molecule has 0 N–H and O–H groups in total. The van der Waals surface area contributed by atoms with Crippen LogP contribution in [0.1, 0.15) is 51.9 Å². The molecule has 0 atom stereocenters. The lowest BCUT2D eigenvalue weighted by atomic mass is 10.1. The van der Waals surface area contributed by atoms with Crippen LogP contribution in [0.3, 0.4) is 0 Å². The summed E-state index contributed by atoms with van der Waals surface area (Å²) < 4.78 is 8.20. The summed E-state index contributed by atoms with van der Waals surface area (Å²) in [6, 6.07) is 1.32. The molecule has 0 fully saturated rings. The average Bonchev–Trinajstić information content (AvgIpc) is 2.30. The summed E-state index contributed by atoms with van der Waals surface area (Å²) in [6.07, 6.45) is 11.4. The molecule has 0 radical (unpaired) electrons. The Kier molecular flexibility index (Phi) is 12.2. The van der Waals surface area contributed by atoms with Gasteiger partial charge < -0.3 is 4.43 Å². The first-order chi connectivity index (χ1) is 8.12. The molecule has 0 spiro atoms. The van der Waals surface area contributed by atoms with Gasteiger partial charge in [-0.05, 0) is 42.5 Å². The normalized spacial score (nSPS) is 12.5. The monoisotopic (exact) mass is 368 g/mol. The van der Waals surface area contributed by atoms with Crippen molar-refractivity contribution >= 4 is 30.9 Å². The highest BCUT2D eigenvalue weighted by Gasteiger charge is 2.20. The van der Waals surface area contributed by atoms with Crippen molar-refractivity contribution in [3.8, 4) is 0 Å². The Labute approximate surface area is 123 Å². The molecule has 0 saturated carbocycles. The summed E-state index contributed by atoms with van der Waals surface area (Å²) in [5, 5.41) is 0. The fraction of sp³-hybridized carbons (Fsp3) is 0.857. The molecule has 102 valence electrons.